The Labute approximate surface area is 78.6 Å². The van der Waals surface area contributed by atoms with Gasteiger partial charge in [0, 0.05) is 12.2 Å². The lowest BCUT2D eigenvalue weighted by molar-refractivity contribution is 0.404. The van der Waals surface area contributed by atoms with Crippen molar-refractivity contribution in [2.45, 2.75) is 32.2 Å². The van der Waals surface area contributed by atoms with Gasteiger partial charge in [0.05, 0.1) is 5.69 Å². The first-order valence-electron chi connectivity index (χ1n) is 4.89. The zero-order chi connectivity index (χ0) is 9.10. The minimum Gasteiger partial charge on any atom is -0.309 e. The van der Waals surface area contributed by atoms with E-state index in [-0.39, 0.29) is 0 Å². The van der Waals surface area contributed by atoms with Crippen LogP contribution in [0, 0.1) is 6.92 Å². The van der Waals surface area contributed by atoms with Gasteiger partial charge in [0.2, 0.25) is 0 Å². The minimum atomic E-state index is 0.454. The third-order valence-corrected chi connectivity index (χ3v) is 2.46. The average molecular weight is 177 g/mol. The molecular formula is C10H15N3. The molecule has 2 rings (SSSR count). The first-order chi connectivity index (χ1) is 6.36. The molecule has 1 fully saturated rings. The number of hydrogen-bond donors (Lipinski definition) is 1. The van der Waals surface area contributed by atoms with E-state index in [0.29, 0.717) is 6.04 Å². The van der Waals surface area contributed by atoms with E-state index in [9.17, 15) is 0 Å². The topological polar surface area (TPSA) is 37.8 Å². The lowest BCUT2D eigenvalue weighted by atomic mass is 10.0. The van der Waals surface area contributed by atoms with Gasteiger partial charge in [-0.25, -0.2) is 9.97 Å². The van der Waals surface area contributed by atoms with Crippen LogP contribution in [0.25, 0.3) is 0 Å². The molecule has 2 heterocycles. The lowest BCUT2D eigenvalue weighted by Crippen LogP contribution is -2.27. The van der Waals surface area contributed by atoms with Gasteiger partial charge in [-0.2, -0.15) is 0 Å². The Hall–Kier alpha value is -0.960. The summed E-state index contributed by atoms with van der Waals surface area (Å²) < 4.78 is 0. The predicted molar refractivity (Wildman–Crippen MR) is 51.4 cm³/mol. The van der Waals surface area contributed by atoms with Crippen molar-refractivity contribution in [3.05, 3.63) is 23.8 Å². The summed E-state index contributed by atoms with van der Waals surface area (Å²) in [4.78, 5) is 8.52. The van der Waals surface area contributed by atoms with Gasteiger partial charge in [0.25, 0.3) is 0 Å². The van der Waals surface area contributed by atoms with Crippen molar-refractivity contribution >= 4 is 0 Å². The van der Waals surface area contributed by atoms with Crippen molar-refractivity contribution in [1.82, 2.24) is 15.3 Å². The normalized spacial score (nSPS) is 23.0. The van der Waals surface area contributed by atoms with Crippen LogP contribution < -0.4 is 5.32 Å². The van der Waals surface area contributed by atoms with Crippen molar-refractivity contribution in [1.29, 1.82) is 0 Å². The summed E-state index contributed by atoms with van der Waals surface area (Å²) in [6.07, 6.45) is 5.64. The highest BCUT2D eigenvalue weighted by Gasteiger charge is 2.15. The fourth-order valence-corrected chi connectivity index (χ4v) is 1.77. The molecule has 13 heavy (non-hydrogen) atoms. The number of hydrogen-bond acceptors (Lipinski definition) is 3. The molecular weight excluding hydrogens is 162 g/mol. The van der Waals surface area contributed by atoms with Crippen LogP contribution in [0.1, 0.15) is 36.8 Å². The van der Waals surface area contributed by atoms with Gasteiger partial charge < -0.3 is 5.32 Å². The predicted octanol–water partition coefficient (Wildman–Crippen LogP) is 1.60. The van der Waals surface area contributed by atoms with Crippen LogP contribution >= 0.6 is 0 Å². The summed E-state index contributed by atoms with van der Waals surface area (Å²) in [5, 5.41) is 3.47. The molecule has 1 aliphatic heterocycles. The van der Waals surface area contributed by atoms with Gasteiger partial charge >= 0.3 is 0 Å². The molecule has 0 aliphatic carbocycles. The van der Waals surface area contributed by atoms with Crippen LogP contribution in [0.3, 0.4) is 0 Å². The standard InChI is InChI=1S/C10H15N3/c1-8-11-7-5-10(13-8)9-4-2-3-6-12-9/h5,7,9,12H,2-4,6H2,1H3/t9-/m0/s1. The van der Waals surface area contributed by atoms with Gasteiger partial charge in [-0.1, -0.05) is 6.42 Å². The summed E-state index contributed by atoms with van der Waals surface area (Å²) in [5.41, 5.74) is 1.15. The molecule has 1 saturated heterocycles. The Kier molecular flexibility index (Phi) is 2.54. The largest absolute Gasteiger partial charge is 0.309 e. The maximum absolute atomic E-state index is 4.42. The molecule has 0 unspecified atom stereocenters. The monoisotopic (exact) mass is 177 g/mol. The fourth-order valence-electron chi connectivity index (χ4n) is 1.77. The van der Waals surface area contributed by atoms with Crippen molar-refractivity contribution < 1.29 is 0 Å². The average Bonchev–Trinajstić information content (AvgIpc) is 2.19. The van der Waals surface area contributed by atoms with Crippen LogP contribution in [0.4, 0.5) is 0 Å². The Morgan fingerprint density at radius 3 is 3.08 bits per heavy atom. The SMILES string of the molecule is Cc1nccc([C@@H]2CCCCN2)n1. The highest BCUT2D eigenvalue weighted by Crippen LogP contribution is 2.20. The molecule has 3 nitrogen and oxygen atoms in total. The number of aryl methyl sites for hydroxylation is 1. The van der Waals surface area contributed by atoms with Gasteiger partial charge in [-0.15, -0.1) is 0 Å². The second-order valence-corrected chi connectivity index (χ2v) is 3.53. The highest BCUT2D eigenvalue weighted by atomic mass is 15.0. The van der Waals surface area contributed by atoms with Crippen LogP contribution in [0.2, 0.25) is 0 Å². The number of nitrogens with one attached hydrogen (secondary N) is 1. The highest BCUT2D eigenvalue weighted by molar-refractivity contribution is 5.07. The Balaban J connectivity index is 2.14. The van der Waals surface area contributed by atoms with E-state index in [1.165, 1.54) is 19.3 Å². The third kappa shape index (κ3) is 2.04. The molecule has 0 aromatic carbocycles. The molecule has 0 spiro atoms. The molecule has 3 heteroatoms. The van der Waals surface area contributed by atoms with E-state index in [4.69, 9.17) is 0 Å². The van der Waals surface area contributed by atoms with E-state index in [1.807, 2.05) is 19.2 Å². The zero-order valence-electron chi connectivity index (χ0n) is 7.95. The van der Waals surface area contributed by atoms with Crippen LogP contribution in [-0.4, -0.2) is 16.5 Å². The number of aromatic nitrogens is 2. The summed E-state index contributed by atoms with van der Waals surface area (Å²) in [7, 11) is 0. The van der Waals surface area contributed by atoms with E-state index < -0.39 is 0 Å². The number of nitrogens with zero attached hydrogens (tertiary/aromatic N) is 2. The first kappa shape index (κ1) is 8.63. The van der Waals surface area contributed by atoms with Crippen molar-refractivity contribution in [3.8, 4) is 0 Å². The second kappa shape index (κ2) is 3.83. The molecule has 1 aromatic heterocycles. The molecule has 0 bridgehead atoms. The van der Waals surface area contributed by atoms with Crippen LogP contribution in [-0.2, 0) is 0 Å². The first-order valence-corrected chi connectivity index (χ1v) is 4.89. The van der Waals surface area contributed by atoms with Crippen molar-refractivity contribution in [3.63, 3.8) is 0 Å². The van der Waals surface area contributed by atoms with Crippen LogP contribution in [0.15, 0.2) is 12.3 Å². The summed E-state index contributed by atoms with van der Waals surface area (Å²) in [6.45, 7) is 3.06. The van der Waals surface area contributed by atoms with Crippen molar-refractivity contribution in [2.24, 2.45) is 0 Å². The summed E-state index contributed by atoms with van der Waals surface area (Å²) in [5.74, 6) is 0.866. The number of piperidine rings is 1. The van der Waals surface area contributed by atoms with Crippen LogP contribution in [0.5, 0.6) is 0 Å². The molecule has 0 radical (unpaired) electrons. The quantitative estimate of drug-likeness (QED) is 0.708. The lowest BCUT2D eigenvalue weighted by Gasteiger charge is -2.22. The maximum atomic E-state index is 4.42. The molecule has 1 aromatic rings. The Bertz CT molecular complexity index is 279. The molecule has 0 amide bonds. The fraction of sp³-hybridized carbons (Fsp3) is 0.600. The van der Waals surface area contributed by atoms with Gasteiger partial charge in [0.1, 0.15) is 5.82 Å². The second-order valence-electron chi connectivity index (χ2n) is 3.53. The van der Waals surface area contributed by atoms with Crippen molar-refractivity contribution in [2.75, 3.05) is 6.54 Å². The Morgan fingerprint density at radius 2 is 2.38 bits per heavy atom. The smallest absolute Gasteiger partial charge is 0.125 e. The van der Waals surface area contributed by atoms with Gasteiger partial charge in [0.15, 0.2) is 0 Å². The summed E-state index contributed by atoms with van der Waals surface area (Å²) in [6, 6.07) is 2.46. The molecule has 70 valence electrons. The summed E-state index contributed by atoms with van der Waals surface area (Å²) >= 11 is 0. The minimum absolute atomic E-state index is 0.454. The third-order valence-electron chi connectivity index (χ3n) is 2.46. The van der Waals surface area contributed by atoms with E-state index in [0.717, 1.165) is 18.1 Å². The molecule has 1 atom stereocenters. The van der Waals surface area contributed by atoms with Gasteiger partial charge in [-0.05, 0) is 32.4 Å². The molecule has 1 N–H and O–H groups in total. The Morgan fingerprint density at radius 1 is 1.46 bits per heavy atom. The van der Waals surface area contributed by atoms with E-state index in [1.54, 1.807) is 0 Å². The van der Waals surface area contributed by atoms with Gasteiger partial charge in [-0.3, -0.25) is 0 Å². The maximum Gasteiger partial charge on any atom is 0.125 e. The zero-order valence-corrected chi connectivity index (χ0v) is 7.95. The molecule has 0 saturated carbocycles. The molecule has 1 aliphatic rings. The van der Waals surface area contributed by atoms with E-state index in [2.05, 4.69) is 15.3 Å². The number of rotatable bonds is 1. The van der Waals surface area contributed by atoms with E-state index >= 15 is 0 Å².